The van der Waals surface area contributed by atoms with Gasteiger partial charge in [0.1, 0.15) is 18.9 Å². The van der Waals surface area contributed by atoms with Crippen molar-refractivity contribution in [2.45, 2.75) is 76.6 Å². The highest BCUT2D eigenvalue weighted by atomic mass is 19.3. The minimum absolute atomic E-state index is 0.0580. The number of hydrogen-bond donors (Lipinski definition) is 1. The highest BCUT2D eigenvalue weighted by Gasteiger charge is 2.56. The Kier molecular flexibility index (Phi) is 10.4. The summed E-state index contributed by atoms with van der Waals surface area (Å²) in [5.74, 6) is -4.56. The van der Waals surface area contributed by atoms with Crippen LogP contribution in [0.2, 0.25) is 0 Å². The van der Waals surface area contributed by atoms with Gasteiger partial charge in [0.15, 0.2) is 6.10 Å². The highest BCUT2D eigenvalue weighted by Crippen LogP contribution is 2.40. The monoisotopic (exact) mass is 459 g/mol. The van der Waals surface area contributed by atoms with E-state index in [1.807, 2.05) is 44.2 Å². The summed E-state index contributed by atoms with van der Waals surface area (Å²) in [6.07, 6.45) is -4.37. The van der Waals surface area contributed by atoms with Crippen LogP contribution in [0.3, 0.4) is 0 Å². The van der Waals surface area contributed by atoms with Gasteiger partial charge in [0.2, 0.25) is 0 Å². The molecule has 1 saturated heterocycles. The Hall–Kier alpha value is -1.65. The van der Waals surface area contributed by atoms with Gasteiger partial charge >= 0.3 is 5.97 Å². The van der Waals surface area contributed by atoms with Crippen molar-refractivity contribution in [2.24, 2.45) is 11.7 Å². The molecule has 7 nitrogen and oxygen atoms in total. The topological polar surface area (TPSA) is 89.2 Å². The first kappa shape index (κ1) is 26.6. The number of carbonyl (C=O) groups excluding carboxylic acids is 1. The van der Waals surface area contributed by atoms with E-state index in [2.05, 4.69) is 0 Å². The minimum Gasteiger partial charge on any atom is -0.465 e. The summed E-state index contributed by atoms with van der Waals surface area (Å²) < 4.78 is 58.2. The van der Waals surface area contributed by atoms with Crippen molar-refractivity contribution >= 4 is 5.97 Å². The molecule has 2 rings (SSSR count). The molecule has 0 amide bonds. The van der Waals surface area contributed by atoms with Crippen LogP contribution in [-0.2, 0) is 35.1 Å². The number of ether oxygens (including phenoxy) is 5. The second-order valence-electron chi connectivity index (χ2n) is 7.99. The van der Waals surface area contributed by atoms with Crippen LogP contribution in [-0.4, -0.2) is 62.9 Å². The maximum absolute atomic E-state index is 15.4. The largest absolute Gasteiger partial charge is 0.465 e. The molecule has 0 unspecified atom stereocenters. The van der Waals surface area contributed by atoms with Crippen molar-refractivity contribution in [1.29, 1.82) is 0 Å². The van der Waals surface area contributed by atoms with Crippen molar-refractivity contribution in [1.82, 2.24) is 0 Å². The van der Waals surface area contributed by atoms with Gasteiger partial charge in [0, 0.05) is 19.4 Å². The third-order valence-corrected chi connectivity index (χ3v) is 5.61. The summed E-state index contributed by atoms with van der Waals surface area (Å²) in [6.45, 7) is 5.43. The van der Waals surface area contributed by atoms with E-state index in [0.717, 1.165) is 5.56 Å². The third kappa shape index (κ3) is 6.92. The summed E-state index contributed by atoms with van der Waals surface area (Å²) in [7, 11) is 1.41. The molecule has 0 aromatic heterocycles. The lowest BCUT2D eigenvalue weighted by atomic mass is 9.83. The lowest BCUT2D eigenvalue weighted by molar-refractivity contribution is -0.293. The standard InChI is InChI=1S/C23H35F2NO6/c1-5-18-15(3)19(30-13-16-10-8-7-9-11-16)20(31-14-28-4)21(32-18)23(24,25)12-17(26)22(27)29-6-2/h7-11,15,17-21H,5-6,12-14,26H2,1-4H3/t15-,17+,18+,19-,20+,21-/m0/s1. The van der Waals surface area contributed by atoms with Crippen molar-refractivity contribution in [3.05, 3.63) is 35.9 Å². The minimum atomic E-state index is -3.47. The first-order valence-corrected chi connectivity index (χ1v) is 11.0. The Morgan fingerprint density at radius 2 is 1.88 bits per heavy atom. The van der Waals surface area contributed by atoms with E-state index in [1.165, 1.54) is 7.11 Å². The van der Waals surface area contributed by atoms with Gasteiger partial charge in [-0.3, -0.25) is 4.79 Å². The van der Waals surface area contributed by atoms with Gasteiger partial charge in [0.05, 0.1) is 25.4 Å². The highest BCUT2D eigenvalue weighted by molar-refractivity contribution is 5.75. The van der Waals surface area contributed by atoms with E-state index >= 15 is 8.78 Å². The number of alkyl halides is 2. The molecule has 0 bridgehead atoms. The quantitative estimate of drug-likeness (QED) is 0.379. The molecule has 182 valence electrons. The Bertz CT molecular complexity index is 692. The predicted molar refractivity (Wildman–Crippen MR) is 114 cm³/mol. The SMILES string of the molecule is CCOC(=O)[C@H](N)CC(F)(F)[C@H]1O[C@H](CC)[C@H](C)[C@H](OCc2ccccc2)[C@H]1OCOC. The first-order valence-electron chi connectivity index (χ1n) is 11.0. The molecule has 1 aromatic rings. The van der Waals surface area contributed by atoms with Crippen LogP contribution in [0.15, 0.2) is 30.3 Å². The molecule has 1 fully saturated rings. The average molecular weight is 460 g/mol. The van der Waals surface area contributed by atoms with Gasteiger partial charge in [-0.25, -0.2) is 8.78 Å². The fraction of sp³-hybridized carbons (Fsp3) is 0.696. The normalized spacial score (nSPS) is 27.2. The number of benzene rings is 1. The smallest absolute Gasteiger partial charge is 0.323 e. The molecule has 0 spiro atoms. The van der Waals surface area contributed by atoms with Gasteiger partial charge in [-0.1, -0.05) is 44.2 Å². The van der Waals surface area contributed by atoms with E-state index in [4.69, 9.17) is 29.4 Å². The lowest BCUT2D eigenvalue weighted by Crippen LogP contribution is -2.62. The lowest BCUT2D eigenvalue weighted by Gasteiger charge is -2.47. The zero-order valence-corrected chi connectivity index (χ0v) is 19.2. The number of methoxy groups -OCH3 is 1. The predicted octanol–water partition coefficient (Wildman–Crippen LogP) is 3.29. The molecule has 1 heterocycles. The van der Waals surface area contributed by atoms with Gasteiger partial charge in [-0.05, 0) is 18.9 Å². The molecule has 1 aliphatic rings. The number of rotatable bonds is 12. The summed E-state index contributed by atoms with van der Waals surface area (Å²) >= 11 is 0. The summed E-state index contributed by atoms with van der Waals surface area (Å²) in [5, 5.41) is 0. The summed E-state index contributed by atoms with van der Waals surface area (Å²) in [5.41, 5.74) is 6.61. The van der Waals surface area contributed by atoms with Gasteiger partial charge in [-0.2, -0.15) is 0 Å². The molecule has 9 heteroatoms. The average Bonchev–Trinajstić information content (AvgIpc) is 2.77. The molecule has 1 aliphatic heterocycles. The second-order valence-corrected chi connectivity index (χ2v) is 7.99. The van der Waals surface area contributed by atoms with Crippen molar-refractivity contribution in [3.8, 4) is 0 Å². The fourth-order valence-corrected chi connectivity index (χ4v) is 3.96. The Labute approximate surface area is 188 Å². The summed E-state index contributed by atoms with van der Waals surface area (Å²) in [6, 6.07) is 7.97. The van der Waals surface area contributed by atoms with E-state index in [-0.39, 0.29) is 25.9 Å². The van der Waals surface area contributed by atoms with Crippen LogP contribution in [0.5, 0.6) is 0 Å². The van der Waals surface area contributed by atoms with Crippen LogP contribution >= 0.6 is 0 Å². The van der Waals surface area contributed by atoms with Crippen molar-refractivity contribution in [3.63, 3.8) is 0 Å². The van der Waals surface area contributed by atoms with Crippen LogP contribution in [0, 0.1) is 5.92 Å². The van der Waals surface area contributed by atoms with Crippen molar-refractivity contribution in [2.75, 3.05) is 20.5 Å². The molecule has 0 radical (unpaired) electrons. The summed E-state index contributed by atoms with van der Waals surface area (Å²) in [4.78, 5) is 11.9. The molecular formula is C23H35F2NO6. The number of esters is 1. The zero-order chi connectivity index (χ0) is 23.7. The van der Waals surface area contributed by atoms with Crippen LogP contribution in [0.25, 0.3) is 0 Å². The number of carbonyl (C=O) groups is 1. The number of nitrogens with two attached hydrogens (primary N) is 1. The molecule has 0 saturated carbocycles. The van der Waals surface area contributed by atoms with Crippen LogP contribution in [0.4, 0.5) is 8.78 Å². The van der Waals surface area contributed by atoms with E-state index in [0.29, 0.717) is 6.42 Å². The molecule has 0 aliphatic carbocycles. The maximum atomic E-state index is 15.4. The molecular weight excluding hydrogens is 424 g/mol. The number of halogens is 2. The Balaban J connectivity index is 2.27. The first-order chi connectivity index (χ1) is 15.2. The Morgan fingerprint density at radius 1 is 1.19 bits per heavy atom. The molecule has 2 N–H and O–H groups in total. The van der Waals surface area contributed by atoms with Crippen molar-refractivity contribution < 1.29 is 37.3 Å². The number of hydrogen-bond acceptors (Lipinski definition) is 7. The zero-order valence-electron chi connectivity index (χ0n) is 19.2. The van der Waals surface area contributed by atoms with Gasteiger partial charge in [-0.15, -0.1) is 0 Å². The fourth-order valence-electron chi connectivity index (χ4n) is 3.96. The van der Waals surface area contributed by atoms with Gasteiger partial charge < -0.3 is 29.4 Å². The van der Waals surface area contributed by atoms with Gasteiger partial charge in [0.25, 0.3) is 5.92 Å². The van der Waals surface area contributed by atoms with E-state index < -0.39 is 48.8 Å². The van der Waals surface area contributed by atoms with Crippen LogP contribution < -0.4 is 5.73 Å². The molecule has 32 heavy (non-hydrogen) atoms. The maximum Gasteiger partial charge on any atom is 0.323 e. The van der Waals surface area contributed by atoms with E-state index in [1.54, 1.807) is 6.92 Å². The Morgan fingerprint density at radius 3 is 2.47 bits per heavy atom. The second kappa shape index (κ2) is 12.6. The molecule has 6 atom stereocenters. The molecule has 1 aromatic carbocycles. The third-order valence-electron chi connectivity index (χ3n) is 5.61. The van der Waals surface area contributed by atoms with Crippen LogP contribution in [0.1, 0.15) is 39.2 Å². The van der Waals surface area contributed by atoms with E-state index in [9.17, 15) is 4.79 Å².